The van der Waals surface area contributed by atoms with E-state index >= 15 is 0 Å². The van der Waals surface area contributed by atoms with E-state index in [1.165, 1.54) is 22.5 Å². The van der Waals surface area contributed by atoms with Crippen LogP contribution in [-0.2, 0) is 4.79 Å². The summed E-state index contributed by atoms with van der Waals surface area (Å²) in [5.41, 5.74) is 0.650. The Morgan fingerprint density at radius 3 is 2.23 bits per heavy atom. The van der Waals surface area contributed by atoms with E-state index in [9.17, 15) is 4.79 Å². The lowest BCUT2D eigenvalue weighted by atomic mass is 10.1. The molecule has 5 heteroatoms. The van der Waals surface area contributed by atoms with E-state index in [-0.39, 0.29) is 11.2 Å². The van der Waals surface area contributed by atoms with Crippen LogP contribution in [-0.4, -0.2) is 25.4 Å². The fourth-order valence-electron chi connectivity index (χ4n) is 2.62. The summed E-state index contributed by atoms with van der Waals surface area (Å²) in [7, 11) is 3.16. The van der Waals surface area contributed by atoms with Crippen molar-refractivity contribution >= 4 is 34.1 Å². The van der Waals surface area contributed by atoms with Gasteiger partial charge in [-0.15, -0.1) is 11.8 Å². The smallest absolute Gasteiger partial charge is 0.237 e. The van der Waals surface area contributed by atoms with Crippen LogP contribution in [0.15, 0.2) is 65.6 Å². The van der Waals surface area contributed by atoms with E-state index in [0.29, 0.717) is 17.2 Å². The third-order valence-corrected chi connectivity index (χ3v) is 5.12. The molecular formula is C21H21NO3S. The lowest BCUT2D eigenvalue weighted by Crippen LogP contribution is -2.22. The van der Waals surface area contributed by atoms with Gasteiger partial charge in [-0.05, 0) is 29.8 Å². The molecule has 0 saturated carbocycles. The van der Waals surface area contributed by atoms with Crippen LogP contribution in [0.2, 0.25) is 0 Å². The van der Waals surface area contributed by atoms with Gasteiger partial charge in [0.2, 0.25) is 5.91 Å². The number of carbonyl (C=O) groups excluding carboxylic acids is 1. The molecule has 0 aliphatic rings. The fraction of sp³-hybridized carbons (Fsp3) is 0.190. The molecule has 1 amide bonds. The Morgan fingerprint density at radius 1 is 0.923 bits per heavy atom. The van der Waals surface area contributed by atoms with Gasteiger partial charge in [0.05, 0.1) is 19.5 Å². The molecule has 3 aromatic carbocycles. The predicted molar refractivity (Wildman–Crippen MR) is 107 cm³/mol. The Labute approximate surface area is 157 Å². The quantitative estimate of drug-likeness (QED) is 0.625. The molecule has 0 spiro atoms. The summed E-state index contributed by atoms with van der Waals surface area (Å²) in [5, 5.41) is 5.05. The third-order valence-electron chi connectivity index (χ3n) is 4.02. The number of fused-ring (bicyclic) bond motifs is 1. The SMILES string of the molecule is COc1cc(NC(=O)[C@@H](C)Sc2ccc3ccccc3c2)cc(OC)c1. The number of anilines is 1. The molecule has 26 heavy (non-hydrogen) atoms. The second kappa shape index (κ2) is 8.15. The zero-order valence-corrected chi connectivity index (χ0v) is 15.8. The zero-order chi connectivity index (χ0) is 18.5. The van der Waals surface area contributed by atoms with Crippen LogP contribution in [0.25, 0.3) is 10.8 Å². The van der Waals surface area contributed by atoms with E-state index < -0.39 is 0 Å². The van der Waals surface area contributed by atoms with Crippen LogP contribution in [0.5, 0.6) is 11.5 Å². The third kappa shape index (κ3) is 4.29. The molecule has 0 aromatic heterocycles. The number of nitrogens with one attached hydrogen (secondary N) is 1. The minimum atomic E-state index is -0.242. The molecule has 134 valence electrons. The van der Waals surface area contributed by atoms with Gasteiger partial charge in [-0.2, -0.15) is 0 Å². The van der Waals surface area contributed by atoms with Gasteiger partial charge in [-0.1, -0.05) is 30.3 Å². The monoisotopic (exact) mass is 367 g/mol. The van der Waals surface area contributed by atoms with Crippen LogP contribution in [0.1, 0.15) is 6.92 Å². The van der Waals surface area contributed by atoms with Crippen molar-refractivity contribution in [2.24, 2.45) is 0 Å². The van der Waals surface area contributed by atoms with Gasteiger partial charge < -0.3 is 14.8 Å². The summed E-state index contributed by atoms with van der Waals surface area (Å²) >= 11 is 1.53. The highest BCUT2D eigenvalue weighted by molar-refractivity contribution is 8.00. The van der Waals surface area contributed by atoms with Gasteiger partial charge >= 0.3 is 0 Å². The summed E-state index contributed by atoms with van der Waals surface area (Å²) in [6.45, 7) is 1.90. The van der Waals surface area contributed by atoms with Crippen molar-refractivity contribution in [2.75, 3.05) is 19.5 Å². The van der Waals surface area contributed by atoms with Crippen molar-refractivity contribution in [3.8, 4) is 11.5 Å². The summed E-state index contributed by atoms with van der Waals surface area (Å²) < 4.78 is 10.5. The number of amides is 1. The molecule has 1 atom stereocenters. The summed E-state index contributed by atoms with van der Waals surface area (Å²) in [5.74, 6) is 1.20. The highest BCUT2D eigenvalue weighted by Gasteiger charge is 2.15. The second-order valence-electron chi connectivity index (χ2n) is 5.86. The molecule has 0 aliphatic heterocycles. The minimum Gasteiger partial charge on any atom is -0.497 e. The topological polar surface area (TPSA) is 47.6 Å². The first kappa shape index (κ1) is 18.1. The van der Waals surface area contributed by atoms with E-state index in [2.05, 4.69) is 29.6 Å². The molecular weight excluding hydrogens is 346 g/mol. The molecule has 4 nitrogen and oxygen atoms in total. The van der Waals surface area contributed by atoms with Crippen molar-refractivity contribution in [2.45, 2.75) is 17.1 Å². The maximum absolute atomic E-state index is 12.6. The van der Waals surface area contributed by atoms with Crippen LogP contribution in [0.3, 0.4) is 0 Å². The average Bonchev–Trinajstić information content (AvgIpc) is 2.67. The lowest BCUT2D eigenvalue weighted by Gasteiger charge is -2.14. The molecule has 3 aromatic rings. The molecule has 0 fully saturated rings. The Balaban J connectivity index is 1.71. The number of rotatable bonds is 6. The molecule has 0 radical (unpaired) electrons. The number of methoxy groups -OCH3 is 2. The van der Waals surface area contributed by atoms with Crippen molar-refractivity contribution in [3.63, 3.8) is 0 Å². The standard InChI is InChI=1S/C21H21NO3S/c1-14(26-20-9-8-15-6-4-5-7-16(15)10-20)21(23)22-17-11-18(24-2)13-19(12-17)25-3/h4-14H,1-3H3,(H,22,23)/t14-/m1/s1. The summed E-state index contributed by atoms with van der Waals surface area (Å²) in [6, 6.07) is 19.7. The molecule has 0 bridgehead atoms. The normalized spacial score (nSPS) is 11.8. The van der Waals surface area contributed by atoms with Crippen molar-refractivity contribution in [1.82, 2.24) is 0 Å². The maximum Gasteiger partial charge on any atom is 0.237 e. The van der Waals surface area contributed by atoms with Crippen molar-refractivity contribution < 1.29 is 14.3 Å². The molecule has 0 saturated heterocycles. The fourth-order valence-corrected chi connectivity index (χ4v) is 3.54. The molecule has 1 N–H and O–H groups in total. The number of thioether (sulfide) groups is 1. The van der Waals surface area contributed by atoms with E-state index in [4.69, 9.17) is 9.47 Å². The number of ether oxygens (including phenoxy) is 2. The van der Waals surface area contributed by atoms with Gasteiger partial charge in [-0.25, -0.2) is 0 Å². The highest BCUT2D eigenvalue weighted by atomic mass is 32.2. The molecule has 0 heterocycles. The van der Waals surface area contributed by atoms with Crippen molar-refractivity contribution in [1.29, 1.82) is 0 Å². The largest absolute Gasteiger partial charge is 0.497 e. The highest BCUT2D eigenvalue weighted by Crippen LogP contribution is 2.29. The first-order valence-electron chi connectivity index (χ1n) is 8.28. The van der Waals surface area contributed by atoms with E-state index in [1.807, 2.05) is 25.1 Å². The van der Waals surface area contributed by atoms with E-state index in [1.54, 1.807) is 32.4 Å². The zero-order valence-electron chi connectivity index (χ0n) is 15.0. The number of hydrogen-bond donors (Lipinski definition) is 1. The summed E-state index contributed by atoms with van der Waals surface area (Å²) in [6.07, 6.45) is 0. The Bertz CT molecular complexity index is 904. The number of benzene rings is 3. The first-order chi connectivity index (χ1) is 12.6. The van der Waals surface area contributed by atoms with Crippen LogP contribution < -0.4 is 14.8 Å². The lowest BCUT2D eigenvalue weighted by molar-refractivity contribution is -0.115. The van der Waals surface area contributed by atoms with Crippen LogP contribution in [0, 0.1) is 0 Å². The Hall–Kier alpha value is -2.66. The Morgan fingerprint density at radius 2 is 1.58 bits per heavy atom. The van der Waals surface area contributed by atoms with Gasteiger partial charge in [-0.3, -0.25) is 4.79 Å². The maximum atomic E-state index is 12.6. The molecule has 3 rings (SSSR count). The second-order valence-corrected chi connectivity index (χ2v) is 7.27. The number of hydrogen-bond acceptors (Lipinski definition) is 4. The van der Waals surface area contributed by atoms with Crippen LogP contribution >= 0.6 is 11.8 Å². The number of carbonyl (C=O) groups is 1. The van der Waals surface area contributed by atoms with E-state index in [0.717, 1.165) is 4.90 Å². The molecule has 0 unspecified atom stereocenters. The van der Waals surface area contributed by atoms with Gasteiger partial charge in [0.25, 0.3) is 0 Å². The first-order valence-corrected chi connectivity index (χ1v) is 9.16. The van der Waals surface area contributed by atoms with Gasteiger partial charge in [0.1, 0.15) is 11.5 Å². The van der Waals surface area contributed by atoms with Gasteiger partial charge in [0, 0.05) is 28.8 Å². The van der Waals surface area contributed by atoms with Crippen molar-refractivity contribution in [3.05, 3.63) is 60.7 Å². The average molecular weight is 367 g/mol. The molecule has 0 aliphatic carbocycles. The van der Waals surface area contributed by atoms with Gasteiger partial charge in [0.15, 0.2) is 0 Å². The minimum absolute atomic E-state index is 0.0709. The predicted octanol–water partition coefficient (Wildman–Crippen LogP) is 4.98. The summed E-state index contributed by atoms with van der Waals surface area (Å²) in [4.78, 5) is 13.6. The van der Waals surface area contributed by atoms with Crippen LogP contribution in [0.4, 0.5) is 5.69 Å². The Kier molecular flexibility index (Phi) is 5.68.